The standard InChI is InChI=1S/C19H28N4OS/c24-18(22-9-10-25-17-7-3-4-8-21-17)19-13-20-11-15(19)12-23(14-19)16-5-1-2-6-16/h3-4,7-8,15-16,20H,1-2,5-6,9-14H2,(H,22,24)/t15-,19-/m1/s1. The highest BCUT2D eigenvalue weighted by molar-refractivity contribution is 7.99. The predicted molar refractivity (Wildman–Crippen MR) is 101 cm³/mol. The van der Waals surface area contributed by atoms with Gasteiger partial charge in [0.15, 0.2) is 0 Å². The number of carbonyl (C=O) groups is 1. The largest absolute Gasteiger partial charge is 0.355 e. The van der Waals surface area contributed by atoms with E-state index in [2.05, 4.69) is 20.5 Å². The first kappa shape index (κ1) is 17.3. The van der Waals surface area contributed by atoms with Gasteiger partial charge < -0.3 is 10.6 Å². The molecule has 2 saturated heterocycles. The number of thioether (sulfide) groups is 1. The average Bonchev–Trinajstić information content (AvgIpc) is 3.34. The molecule has 0 unspecified atom stereocenters. The zero-order valence-electron chi connectivity index (χ0n) is 14.7. The summed E-state index contributed by atoms with van der Waals surface area (Å²) in [6.45, 7) is 4.56. The van der Waals surface area contributed by atoms with Crippen molar-refractivity contribution in [3.8, 4) is 0 Å². The van der Waals surface area contributed by atoms with Crippen LogP contribution < -0.4 is 10.6 Å². The molecule has 1 aromatic heterocycles. The fraction of sp³-hybridized carbons (Fsp3) is 0.684. The number of hydrogen-bond donors (Lipinski definition) is 2. The van der Waals surface area contributed by atoms with E-state index in [1.165, 1.54) is 25.7 Å². The van der Waals surface area contributed by atoms with Crippen molar-refractivity contribution in [2.24, 2.45) is 11.3 Å². The third-order valence-electron chi connectivity index (χ3n) is 6.12. The van der Waals surface area contributed by atoms with Crippen LogP contribution in [0.3, 0.4) is 0 Å². The Bertz CT molecular complexity index is 592. The summed E-state index contributed by atoms with van der Waals surface area (Å²) >= 11 is 1.70. The second kappa shape index (κ2) is 7.64. The van der Waals surface area contributed by atoms with Gasteiger partial charge in [-0.3, -0.25) is 9.69 Å². The fourth-order valence-corrected chi connectivity index (χ4v) is 5.48. The third-order valence-corrected chi connectivity index (χ3v) is 7.07. The molecule has 2 atom stereocenters. The quantitative estimate of drug-likeness (QED) is 0.598. The molecular formula is C19H28N4OS. The van der Waals surface area contributed by atoms with Gasteiger partial charge in [-0.15, -0.1) is 11.8 Å². The van der Waals surface area contributed by atoms with Gasteiger partial charge in [0.25, 0.3) is 0 Å². The summed E-state index contributed by atoms with van der Waals surface area (Å²) in [7, 11) is 0. The molecule has 6 heteroatoms. The van der Waals surface area contributed by atoms with Gasteiger partial charge in [0.2, 0.25) is 5.91 Å². The van der Waals surface area contributed by atoms with Crippen molar-refractivity contribution in [3.05, 3.63) is 24.4 Å². The Morgan fingerprint density at radius 1 is 1.40 bits per heavy atom. The van der Waals surface area contributed by atoms with Crippen molar-refractivity contribution in [2.75, 3.05) is 38.5 Å². The van der Waals surface area contributed by atoms with Crippen LogP contribution in [0.4, 0.5) is 0 Å². The predicted octanol–water partition coefficient (Wildman–Crippen LogP) is 1.75. The highest BCUT2D eigenvalue weighted by atomic mass is 32.2. The van der Waals surface area contributed by atoms with Crippen molar-refractivity contribution < 1.29 is 4.79 Å². The SMILES string of the molecule is O=C(NCCSc1ccccn1)[C@@]12CNC[C@@H]1CN(C1CCCC1)C2. The van der Waals surface area contributed by atoms with Gasteiger partial charge in [0.05, 0.1) is 10.4 Å². The fourth-order valence-electron chi connectivity index (χ4n) is 4.76. The molecule has 1 saturated carbocycles. The topological polar surface area (TPSA) is 57.3 Å². The summed E-state index contributed by atoms with van der Waals surface area (Å²) < 4.78 is 0. The van der Waals surface area contributed by atoms with E-state index in [9.17, 15) is 4.79 Å². The van der Waals surface area contributed by atoms with Gasteiger partial charge in [0.1, 0.15) is 0 Å². The lowest BCUT2D eigenvalue weighted by Gasteiger charge is -2.29. The summed E-state index contributed by atoms with van der Waals surface area (Å²) in [5, 5.41) is 7.70. The first-order valence-corrected chi connectivity index (χ1v) is 10.5. The van der Waals surface area contributed by atoms with Crippen LogP contribution in [0.25, 0.3) is 0 Å². The minimum atomic E-state index is -0.210. The molecule has 0 radical (unpaired) electrons. The number of pyridine rings is 1. The van der Waals surface area contributed by atoms with Gasteiger partial charge >= 0.3 is 0 Å². The molecule has 1 aliphatic carbocycles. The molecule has 1 amide bonds. The second-order valence-electron chi connectivity index (χ2n) is 7.62. The number of nitrogens with zero attached hydrogens (tertiary/aromatic N) is 2. The molecule has 136 valence electrons. The van der Waals surface area contributed by atoms with Crippen molar-refractivity contribution >= 4 is 17.7 Å². The maximum atomic E-state index is 13.0. The van der Waals surface area contributed by atoms with Gasteiger partial charge in [-0.25, -0.2) is 4.98 Å². The first-order valence-electron chi connectivity index (χ1n) is 9.55. The van der Waals surface area contributed by atoms with Crippen molar-refractivity contribution in [3.63, 3.8) is 0 Å². The number of aromatic nitrogens is 1. The Balaban J connectivity index is 1.30. The van der Waals surface area contributed by atoms with Gasteiger partial charge in [-0.05, 0) is 25.0 Å². The second-order valence-corrected chi connectivity index (χ2v) is 8.74. The number of nitrogens with one attached hydrogen (secondary N) is 2. The number of fused-ring (bicyclic) bond motifs is 1. The van der Waals surface area contributed by atoms with Crippen molar-refractivity contribution in [2.45, 2.75) is 36.8 Å². The molecule has 5 nitrogen and oxygen atoms in total. The molecule has 0 bridgehead atoms. The number of carbonyl (C=O) groups excluding carboxylic acids is 1. The van der Waals surface area contributed by atoms with Crippen LogP contribution in [0.1, 0.15) is 25.7 Å². The summed E-state index contributed by atoms with van der Waals surface area (Å²) in [6, 6.07) is 6.65. The summed E-state index contributed by atoms with van der Waals surface area (Å²) in [5.41, 5.74) is -0.210. The maximum Gasteiger partial charge on any atom is 0.229 e. The van der Waals surface area contributed by atoms with Crippen LogP contribution in [0.2, 0.25) is 0 Å². The van der Waals surface area contributed by atoms with E-state index >= 15 is 0 Å². The maximum absolute atomic E-state index is 13.0. The van der Waals surface area contributed by atoms with Gasteiger partial charge in [-0.1, -0.05) is 18.9 Å². The zero-order chi connectivity index (χ0) is 17.1. The third kappa shape index (κ3) is 3.57. The lowest BCUT2D eigenvalue weighted by atomic mass is 9.80. The van der Waals surface area contributed by atoms with Crippen LogP contribution in [-0.4, -0.2) is 60.3 Å². The first-order chi connectivity index (χ1) is 12.3. The summed E-state index contributed by atoms with van der Waals surface area (Å²) in [6.07, 6.45) is 7.16. The molecule has 2 N–H and O–H groups in total. The Morgan fingerprint density at radius 3 is 3.08 bits per heavy atom. The Labute approximate surface area is 154 Å². The molecule has 3 fully saturated rings. The normalized spacial score (nSPS) is 29.8. The number of likely N-dealkylation sites (tertiary alicyclic amines) is 1. The van der Waals surface area contributed by atoms with Crippen molar-refractivity contribution in [1.29, 1.82) is 0 Å². The molecule has 1 aromatic rings. The lowest BCUT2D eigenvalue weighted by molar-refractivity contribution is -0.130. The molecule has 3 aliphatic rings. The molecular weight excluding hydrogens is 332 g/mol. The van der Waals surface area contributed by atoms with Crippen LogP contribution in [0.5, 0.6) is 0 Å². The van der Waals surface area contributed by atoms with Crippen LogP contribution in [0, 0.1) is 11.3 Å². The Kier molecular flexibility index (Phi) is 5.29. The van der Waals surface area contributed by atoms with E-state index in [1.54, 1.807) is 11.8 Å². The van der Waals surface area contributed by atoms with E-state index in [4.69, 9.17) is 0 Å². The minimum absolute atomic E-state index is 0.210. The van der Waals surface area contributed by atoms with E-state index in [1.807, 2.05) is 24.4 Å². The van der Waals surface area contributed by atoms with E-state index in [0.717, 1.165) is 43.0 Å². The van der Waals surface area contributed by atoms with Crippen LogP contribution in [-0.2, 0) is 4.79 Å². The number of amides is 1. The highest BCUT2D eigenvalue weighted by Gasteiger charge is 2.55. The van der Waals surface area contributed by atoms with E-state index in [-0.39, 0.29) is 11.3 Å². The van der Waals surface area contributed by atoms with E-state index < -0.39 is 0 Å². The van der Waals surface area contributed by atoms with Crippen LogP contribution in [0.15, 0.2) is 29.4 Å². The average molecular weight is 361 g/mol. The monoisotopic (exact) mass is 360 g/mol. The lowest BCUT2D eigenvalue weighted by Crippen LogP contribution is -2.48. The van der Waals surface area contributed by atoms with Crippen LogP contribution >= 0.6 is 11.8 Å². The molecule has 3 heterocycles. The van der Waals surface area contributed by atoms with Gasteiger partial charge in [0, 0.05) is 56.6 Å². The van der Waals surface area contributed by atoms with Crippen molar-refractivity contribution in [1.82, 2.24) is 20.5 Å². The minimum Gasteiger partial charge on any atom is -0.355 e. The number of hydrogen-bond acceptors (Lipinski definition) is 5. The molecule has 0 spiro atoms. The number of rotatable bonds is 6. The molecule has 2 aliphatic heterocycles. The summed E-state index contributed by atoms with van der Waals surface area (Å²) in [4.78, 5) is 19.9. The molecule has 4 rings (SSSR count). The molecule has 25 heavy (non-hydrogen) atoms. The summed E-state index contributed by atoms with van der Waals surface area (Å²) in [5.74, 6) is 1.59. The zero-order valence-corrected chi connectivity index (χ0v) is 15.6. The highest BCUT2D eigenvalue weighted by Crippen LogP contribution is 2.42. The van der Waals surface area contributed by atoms with Gasteiger partial charge in [-0.2, -0.15) is 0 Å². The Morgan fingerprint density at radius 2 is 2.28 bits per heavy atom. The van der Waals surface area contributed by atoms with E-state index in [0.29, 0.717) is 12.5 Å². The smallest absolute Gasteiger partial charge is 0.229 e. The molecule has 0 aromatic carbocycles. The Hall–Kier alpha value is -1.11.